The van der Waals surface area contributed by atoms with Crippen molar-refractivity contribution in [2.75, 3.05) is 0 Å². The topological polar surface area (TPSA) is 26.0 Å². The lowest BCUT2D eigenvalue weighted by Gasteiger charge is -2.07. The van der Waals surface area contributed by atoms with Crippen molar-refractivity contribution >= 4 is 33.0 Å². The number of hydrogen-bond donors (Lipinski definition) is 1. The van der Waals surface area contributed by atoms with Crippen molar-refractivity contribution in [1.29, 1.82) is 0 Å². The third-order valence-electron chi connectivity index (χ3n) is 2.84. The summed E-state index contributed by atoms with van der Waals surface area (Å²) in [6.45, 7) is 0. The molecule has 0 spiro atoms. The molecule has 1 saturated carbocycles. The molecule has 2 aromatic rings. The molecule has 2 N–H and O–H groups in total. The van der Waals surface area contributed by atoms with E-state index in [0.29, 0.717) is 0 Å². The van der Waals surface area contributed by atoms with E-state index in [9.17, 15) is 0 Å². The van der Waals surface area contributed by atoms with Crippen LogP contribution in [0.3, 0.4) is 0 Å². The highest BCUT2D eigenvalue weighted by molar-refractivity contribution is 7.23. The minimum atomic E-state index is -0.128. The maximum Gasteiger partial charge on any atom is 0.0991 e. The fourth-order valence-electron chi connectivity index (χ4n) is 1.86. The molecule has 3 heteroatoms. The van der Waals surface area contributed by atoms with Gasteiger partial charge >= 0.3 is 0 Å². The van der Waals surface area contributed by atoms with Gasteiger partial charge in [0.15, 0.2) is 0 Å². The van der Waals surface area contributed by atoms with Gasteiger partial charge in [-0.2, -0.15) is 0 Å². The largest absolute Gasteiger partial charge is 0.321 e. The summed E-state index contributed by atoms with van der Waals surface area (Å²) in [4.78, 5) is 0. The third-order valence-corrected chi connectivity index (χ3v) is 4.22. The number of fused-ring (bicyclic) bond motifs is 1. The Balaban J connectivity index is 2.36. The Morgan fingerprint density at radius 3 is 2.71 bits per heavy atom. The number of nitrogens with two attached hydrogens (primary N) is 1. The molecule has 1 fully saturated rings. The number of halogens is 1. The normalized spacial score (nSPS) is 18.7. The molecule has 1 nitrogen and oxygen atoms in total. The van der Waals surface area contributed by atoms with Gasteiger partial charge in [-0.1, -0.05) is 29.8 Å². The molecule has 0 amide bonds. The molecular formula is C11H10ClNS. The van der Waals surface area contributed by atoms with Crippen molar-refractivity contribution in [3.8, 4) is 0 Å². The monoisotopic (exact) mass is 223 g/mol. The van der Waals surface area contributed by atoms with Crippen LogP contribution in [0.4, 0.5) is 0 Å². The van der Waals surface area contributed by atoms with E-state index in [1.807, 2.05) is 12.1 Å². The summed E-state index contributed by atoms with van der Waals surface area (Å²) in [6, 6.07) is 8.29. The lowest BCUT2D eigenvalue weighted by Crippen LogP contribution is -2.18. The van der Waals surface area contributed by atoms with E-state index >= 15 is 0 Å². The zero-order chi connectivity index (χ0) is 9.76. The number of rotatable bonds is 1. The zero-order valence-corrected chi connectivity index (χ0v) is 9.16. The van der Waals surface area contributed by atoms with Crippen LogP contribution in [0.5, 0.6) is 0 Å². The van der Waals surface area contributed by atoms with Gasteiger partial charge in [0, 0.05) is 15.8 Å². The minimum absolute atomic E-state index is 0.128. The van der Waals surface area contributed by atoms with E-state index in [0.717, 1.165) is 17.2 Å². The van der Waals surface area contributed by atoms with E-state index in [-0.39, 0.29) is 5.54 Å². The summed E-state index contributed by atoms with van der Waals surface area (Å²) in [7, 11) is 0. The molecular weight excluding hydrogens is 214 g/mol. The van der Waals surface area contributed by atoms with Crippen LogP contribution in [0.25, 0.3) is 10.1 Å². The Hall–Kier alpha value is -0.570. The first-order valence-electron chi connectivity index (χ1n) is 4.67. The Morgan fingerprint density at radius 1 is 1.29 bits per heavy atom. The van der Waals surface area contributed by atoms with Crippen LogP contribution in [0, 0.1) is 0 Å². The SMILES string of the molecule is NC1(c2c(Cl)sc3ccccc23)CC1. The second-order valence-electron chi connectivity index (χ2n) is 3.90. The first kappa shape index (κ1) is 8.72. The van der Waals surface area contributed by atoms with Crippen LogP contribution < -0.4 is 5.73 Å². The highest BCUT2D eigenvalue weighted by atomic mass is 35.5. The second kappa shape index (κ2) is 2.72. The molecule has 1 aromatic carbocycles. The quantitative estimate of drug-likeness (QED) is 0.787. The predicted octanol–water partition coefficient (Wildman–Crippen LogP) is 3.50. The summed E-state index contributed by atoms with van der Waals surface area (Å²) in [6.07, 6.45) is 2.13. The van der Waals surface area contributed by atoms with Gasteiger partial charge in [-0.05, 0) is 24.3 Å². The van der Waals surface area contributed by atoms with Gasteiger partial charge in [-0.25, -0.2) is 0 Å². The van der Waals surface area contributed by atoms with Crippen molar-refractivity contribution in [3.05, 3.63) is 34.2 Å². The molecule has 0 unspecified atom stereocenters. The number of thiophene rings is 1. The van der Waals surface area contributed by atoms with Crippen LogP contribution in [-0.2, 0) is 5.54 Å². The van der Waals surface area contributed by atoms with E-state index in [1.54, 1.807) is 11.3 Å². The van der Waals surface area contributed by atoms with E-state index in [4.69, 9.17) is 17.3 Å². The maximum atomic E-state index is 6.23. The first-order valence-corrected chi connectivity index (χ1v) is 5.86. The average molecular weight is 224 g/mol. The third kappa shape index (κ3) is 1.11. The molecule has 0 radical (unpaired) electrons. The summed E-state index contributed by atoms with van der Waals surface area (Å²) in [5.74, 6) is 0. The summed E-state index contributed by atoms with van der Waals surface area (Å²) in [5.41, 5.74) is 7.24. The van der Waals surface area contributed by atoms with Crippen LogP contribution in [0.15, 0.2) is 24.3 Å². The van der Waals surface area contributed by atoms with E-state index in [1.165, 1.54) is 15.6 Å². The van der Waals surface area contributed by atoms with Crippen LogP contribution in [0.1, 0.15) is 18.4 Å². The van der Waals surface area contributed by atoms with Crippen molar-refractivity contribution in [2.45, 2.75) is 18.4 Å². The van der Waals surface area contributed by atoms with Crippen LogP contribution in [0.2, 0.25) is 4.34 Å². The second-order valence-corrected chi connectivity index (χ2v) is 5.56. The summed E-state index contributed by atoms with van der Waals surface area (Å²) >= 11 is 7.86. The van der Waals surface area contributed by atoms with Gasteiger partial charge in [0.05, 0.1) is 4.34 Å². The molecule has 3 rings (SSSR count). The Morgan fingerprint density at radius 2 is 2.00 bits per heavy atom. The number of benzene rings is 1. The fraction of sp³-hybridized carbons (Fsp3) is 0.273. The van der Waals surface area contributed by atoms with Gasteiger partial charge in [-0.3, -0.25) is 0 Å². The zero-order valence-electron chi connectivity index (χ0n) is 7.59. The number of hydrogen-bond acceptors (Lipinski definition) is 2. The molecule has 1 heterocycles. The molecule has 1 aromatic heterocycles. The fourth-order valence-corrected chi connectivity index (χ4v) is 3.44. The molecule has 1 aliphatic carbocycles. The lowest BCUT2D eigenvalue weighted by atomic mass is 10.1. The maximum absolute atomic E-state index is 6.23. The smallest absolute Gasteiger partial charge is 0.0991 e. The van der Waals surface area contributed by atoms with Gasteiger partial charge < -0.3 is 5.73 Å². The van der Waals surface area contributed by atoms with E-state index < -0.39 is 0 Å². The van der Waals surface area contributed by atoms with Gasteiger partial charge in [0.25, 0.3) is 0 Å². The molecule has 1 aliphatic rings. The van der Waals surface area contributed by atoms with Crippen molar-refractivity contribution in [1.82, 2.24) is 0 Å². The van der Waals surface area contributed by atoms with Crippen LogP contribution in [-0.4, -0.2) is 0 Å². The Labute approximate surface area is 91.5 Å². The summed E-state index contributed by atoms with van der Waals surface area (Å²) in [5, 5.41) is 1.24. The Bertz CT molecular complexity index is 499. The average Bonchev–Trinajstić information content (AvgIpc) is 2.79. The van der Waals surface area contributed by atoms with Crippen molar-refractivity contribution in [2.24, 2.45) is 5.73 Å². The van der Waals surface area contributed by atoms with Gasteiger partial charge in [0.2, 0.25) is 0 Å². The van der Waals surface area contributed by atoms with Crippen molar-refractivity contribution < 1.29 is 0 Å². The lowest BCUT2D eigenvalue weighted by molar-refractivity contribution is 0.751. The first-order chi connectivity index (χ1) is 6.71. The van der Waals surface area contributed by atoms with Crippen LogP contribution >= 0.6 is 22.9 Å². The molecule has 0 atom stereocenters. The molecule has 0 bridgehead atoms. The minimum Gasteiger partial charge on any atom is -0.321 e. The highest BCUT2D eigenvalue weighted by Gasteiger charge is 2.43. The highest BCUT2D eigenvalue weighted by Crippen LogP contribution is 2.51. The summed E-state index contributed by atoms with van der Waals surface area (Å²) < 4.78 is 2.11. The standard InChI is InChI=1S/C11H10ClNS/c12-10-9(11(13)5-6-11)7-3-1-2-4-8(7)14-10/h1-4H,5-6,13H2. The van der Waals surface area contributed by atoms with Gasteiger partial charge in [0.1, 0.15) is 0 Å². The molecule has 14 heavy (non-hydrogen) atoms. The van der Waals surface area contributed by atoms with E-state index in [2.05, 4.69) is 12.1 Å². The molecule has 0 aliphatic heterocycles. The molecule has 0 saturated heterocycles. The Kier molecular flexibility index (Phi) is 1.69. The van der Waals surface area contributed by atoms with Crippen molar-refractivity contribution in [3.63, 3.8) is 0 Å². The molecule has 72 valence electrons. The van der Waals surface area contributed by atoms with Gasteiger partial charge in [-0.15, -0.1) is 11.3 Å². The predicted molar refractivity (Wildman–Crippen MR) is 61.9 cm³/mol.